The van der Waals surface area contributed by atoms with Crippen molar-refractivity contribution in [3.63, 3.8) is 0 Å². The van der Waals surface area contributed by atoms with Gasteiger partial charge in [0.2, 0.25) is 0 Å². The van der Waals surface area contributed by atoms with Gasteiger partial charge in [0.1, 0.15) is 0 Å². The molecule has 4 rings (SSSR count). The molecule has 2 atom stereocenters. The lowest BCUT2D eigenvalue weighted by molar-refractivity contribution is 0.704. The van der Waals surface area contributed by atoms with Crippen LogP contribution >= 0.6 is 0 Å². The zero-order valence-electron chi connectivity index (χ0n) is 13.5. The molecule has 24 heavy (non-hydrogen) atoms. The summed E-state index contributed by atoms with van der Waals surface area (Å²) in [6.07, 6.45) is 3.62. The van der Waals surface area contributed by atoms with Crippen molar-refractivity contribution >= 4 is 22.3 Å². The van der Waals surface area contributed by atoms with E-state index in [4.69, 9.17) is 0 Å². The smallest absolute Gasteiger partial charge is 0.151 e. The molecule has 0 spiro atoms. The number of aromatic nitrogens is 2. The van der Waals surface area contributed by atoms with Gasteiger partial charge < -0.3 is 0 Å². The zero-order valence-corrected chi connectivity index (χ0v) is 13.5. The maximum absolute atomic E-state index is 9.89. The summed E-state index contributed by atoms with van der Waals surface area (Å²) in [5.74, 6) is 0.512. The van der Waals surface area contributed by atoms with Crippen molar-refractivity contribution in [1.82, 2.24) is 10.2 Å². The molecule has 0 saturated heterocycles. The Hall–Kier alpha value is -2.93. The van der Waals surface area contributed by atoms with E-state index < -0.39 is 0 Å². The number of hydrogen-bond acceptors (Lipinski definition) is 3. The fourth-order valence-corrected chi connectivity index (χ4v) is 3.68. The van der Waals surface area contributed by atoms with Crippen LogP contribution in [0, 0.1) is 17.2 Å². The fourth-order valence-electron chi connectivity index (χ4n) is 3.68. The van der Waals surface area contributed by atoms with Crippen LogP contribution in [0.2, 0.25) is 0 Å². The van der Waals surface area contributed by atoms with Crippen LogP contribution in [0.15, 0.2) is 53.7 Å². The molecule has 0 aliphatic carbocycles. The summed E-state index contributed by atoms with van der Waals surface area (Å²) in [5.41, 5.74) is 3.14. The molecule has 1 aliphatic heterocycles. The van der Waals surface area contributed by atoms with Crippen LogP contribution in [0.25, 0.3) is 10.8 Å². The predicted octanol–water partition coefficient (Wildman–Crippen LogP) is 4.72. The van der Waals surface area contributed by atoms with E-state index in [2.05, 4.69) is 58.5 Å². The monoisotopic (exact) mass is 314 g/mol. The number of aromatic amines is 1. The average Bonchev–Trinajstić information content (AvgIpc) is 3.08. The Morgan fingerprint density at radius 3 is 2.79 bits per heavy atom. The van der Waals surface area contributed by atoms with E-state index in [9.17, 15) is 5.26 Å². The number of hydrogen-bond donors (Lipinski definition) is 1. The normalized spacial score (nSPS) is 19.6. The topological polar surface area (TPSA) is 64.8 Å². The van der Waals surface area contributed by atoms with Gasteiger partial charge >= 0.3 is 0 Å². The SMILES string of the molecule is CCCC1=Nc2[nH]ncc2C(c2cccc3ccccc23)C1C#N. The minimum Gasteiger partial charge on any atom is -0.261 e. The van der Waals surface area contributed by atoms with Gasteiger partial charge in [-0.1, -0.05) is 55.8 Å². The molecule has 1 aliphatic rings. The lowest BCUT2D eigenvalue weighted by Crippen LogP contribution is -2.25. The molecule has 0 saturated carbocycles. The molecule has 0 radical (unpaired) electrons. The first kappa shape index (κ1) is 14.6. The van der Waals surface area contributed by atoms with Crippen LogP contribution in [0.4, 0.5) is 5.82 Å². The molecular weight excluding hydrogens is 296 g/mol. The second kappa shape index (κ2) is 5.93. The van der Waals surface area contributed by atoms with E-state index in [1.54, 1.807) is 0 Å². The first-order valence-corrected chi connectivity index (χ1v) is 8.31. The quantitative estimate of drug-likeness (QED) is 0.760. The van der Waals surface area contributed by atoms with Crippen molar-refractivity contribution in [3.8, 4) is 6.07 Å². The Balaban J connectivity index is 1.96. The molecule has 2 aromatic carbocycles. The number of aliphatic imine (C=N–C) groups is 1. The number of rotatable bonds is 3. The highest BCUT2D eigenvalue weighted by Crippen LogP contribution is 2.43. The van der Waals surface area contributed by atoms with Gasteiger partial charge in [0, 0.05) is 17.2 Å². The van der Waals surface area contributed by atoms with Crippen LogP contribution < -0.4 is 0 Å². The van der Waals surface area contributed by atoms with Crippen LogP contribution in [0.1, 0.15) is 36.8 Å². The van der Waals surface area contributed by atoms with Crippen LogP contribution in [0.3, 0.4) is 0 Å². The maximum Gasteiger partial charge on any atom is 0.151 e. The molecule has 1 N–H and O–H groups in total. The summed E-state index contributed by atoms with van der Waals surface area (Å²) in [4.78, 5) is 4.68. The van der Waals surface area contributed by atoms with Gasteiger partial charge in [-0.25, -0.2) is 4.99 Å². The largest absolute Gasteiger partial charge is 0.261 e. The molecular formula is C20H18N4. The third-order valence-corrected chi connectivity index (χ3v) is 4.73. The molecule has 4 heteroatoms. The van der Waals surface area contributed by atoms with Gasteiger partial charge in [0.15, 0.2) is 5.82 Å². The highest BCUT2D eigenvalue weighted by Gasteiger charge is 2.36. The van der Waals surface area contributed by atoms with Crippen molar-refractivity contribution in [2.75, 3.05) is 0 Å². The second-order valence-electron chi connectivity index (χ2n) is 6.18. The number of nitriles is 1. The number of H-pyrrole nitrogens is 1. The molecule has 1 aromatic heterocycles. The van der Waals surface area contributed by atoms with E-state index in [0.29, 0.717) is 0 Å². The second-order valence-corrected chi connectivity index (χ2v) is 6.18. The van der Waals surface area contributed by atoms with Crippen molar-refractivity contribution in [2.45, 2.75) is 25.7 Å². The van der Waals surface area contributed by atoms with Crippen molar-refractivity contribution < 1.29 is 0 Å². The first-order chi connectivity index (χ1) is 11.8. The first-order valence-electron chi connectivity index (χ1n) is 8.31. The van der Waals surface area contributed by atoms with E-state index in [1.807, 2.05) is 18.3 Å². The minimum atomic E-state index is -0.249. The zero-order chi connectivity index (χ0) is 16.5. The molecule has 118 valence electrons. The van der Waals surface area contributed by atoms with Gasteiger partial charge in [-0.15, -0.1) is 0 Å². The summed E-state index contributed by atoms with van der Waals surface area (Å²) < 4.78 is 0. The van der Waals surface area contributed by atoms with Crippen molar-refractivity contribution in [2.24, 2.45) is 10.9 Å². The molecule has 0 bridgehead atoms. The van der Waals surface area contributed by atoms with Gasteiger partial charge in [0.05, 0.1) is 18.2 Å². The van der Waals surface area contributed by atoms with Gasteiger partial charge in [-0.05, 0) is 22.8 Å². The molecule has 2 heterocycles. The predicted molar refractivity (Wildman–Crippen MR) is 95.5 cm³/mol. The Labute approximate surface area is 140 Å². The van der Waals surface area contributed by atoms with Crippen LogP contribution in [-0.4, -0.2) is 15.9 Å². The standard InChI is InChI=1S/C20H18N4/c1-2-6-18-16(11-21)19(17-12-22-24-20(17)23-18)15-10-5-8-13-7-3-4-9-14(13)15/h3-5,7-10,12,16,19H,2,6H2,1H3,(H,22,24). The maximum atomic E-state index is 9.89. The van der Waals surface area contributed by atoms with Crippen molar-refractivity contribution in [3.05, 3.63) is 59.8 Å². The summed E-state index contributed by atoms with van der Waals surface area (Å²) in [6.45, 7) is 2.12. The Kier molecular flexibility index (Phi) is 3.62. The Bertz CT molecular complexity index is 956. The summed E-state index contributed by atoms with van der Waals surface area (Å²) >= 11 is 0. The summed E-state index contributed by atoms with van der Waals surface area (Å²) in [7, 11) is 0. The van der Waals surface area contributed by atoms with E-state index in [1.165, 1.54) is 16.3 Å². The highest BCUT2D eigenvalue weighted by atomic mass is 15.2. The number of fused-ring (bicyclic) bond motifs is 2. The molecule has 3 aromatic rings. The van der Waals surface area contributed by atoms with E-state index >= 15 is 0 Å². The third kappa shape index (κ3) is 2.21. The Morgan fingerprint density at radius 1 is 1.12 bits per heavy atom. The third-order valence-electron chi connectivity index (χ3n) is 4.73. The van der Waals surface area contributed by atoms with Crippen LogP contribution in [-0.2, 0) is 0 Å². The number of nitrogens with one attached hydrogen (secondary N) is 1. The van der Waals surface area contributed by atoms with Crippen molar-refractivity contribution in [1.29, 1.82) is 5.26 Å². The van der Waals surface area contributed by atoms with Gasteiger partial charge in [-0.2, -0.15) is 10.4 Å². The number of benzene rings is 2. The van der Waals surface area contributed by atoms with Gasteiger partial charge in [-0.3, -0.25) is 5.10 Å². The fraction of sp³-hybridized carbons (Fsp3) is 0.250. The van der Waals surface area contributed by atoms with Gasteiger partial charge in [0.25, 0.3) is 0 Å². The van der Waals surface area contributed by atoms with E-state index in [-0.39, 0.29) is 11.8 Å². The molecule has 0 amide bonds. The average molecular weight is 314 g/mol. The lowest BCUT2D eigenvalue weighted by atomic mass is 9.75. The van der Waals surface area contributed by atoms with Crippen LogP contribution in [0.5, 0.6) is 0 Å². The summed E-state index contributed by atoms with van der Waals surface area (Å²) in [5, 5.41) is 19.4. The molecule has 0 fully saturated rings. The highest BCUT2D eigenvalue weighted by molar-refractivity contribution is 5.96. The van der Waals surface area contributed by atoms with E-state index in [0.717, 1.165) is 29.9 Å². The molecule has 2 unspecified atom stereocenters. The lowest BCUT2D eigenvalue weighted by Gasteiger charge is -2.28. The summed E-state index contributed by atoms with van der Waals surface area (Å²) in [6, 6.07) is 17.1. The Morgan fingerprint density at radius 2 is 1.96 bits per heavy atom. The molecule has 4 nitrogen and oxygen atoms in total. The number of nitrogens with zero attached hydrogens (tertiary/aromatic N) is 3. The minimum absolute atomic E-state index is 0.0334.